The maximum atomic E-state index is 12.0. The summed E-state index contributed by atoms with van der Waals surface area (Å²) in [5.41, 5.74) is 0.227. The van der Waals surface area contributed by atoms with Crippen LogP contribution in [0.3, 0.4) is 0 Å². The molecular weight excluding hydrogens is 260 g/mol. The first-order valence-electron chi connectivity index (χ1n) is 6.29. The molecule has 1 aromatic rings. The first-order valence-corrected chi connectivity index (χ1v) is 6.29. The molecule has 106 valence electrons. The second kappa shape index (κ2) is 4.96. The second-order valence-corrected chi connectivity index (χ2v) is 4.90. The Bertz CT molecular complexity index is 591. The van der Waals surface area contributed by atoms with Crippen LogP contribution in [-0.2, 0) is 9.59 Å². The summed E-state index contributed by atoms with van der Waals surface area (Å²) in [5.74, 6) is -1.88. The first-order chi connectivity index (χ1) is 9.42. The molecule has 1 saturated carbocycles. The Hall–Kier alpha value is -2.37. The van der Waals surface area contributed by atoms with Gasteiger partial charge in [-0.25, -0.2) is 0 Å². The number of anilines is 1. The van der Waals surface area contributed by atoms with Crippen molar-refractivity contribution in [2.75, 3.05) is 12.4 Å². The summed E-state index contributed by atoms with van der Waals surface area (Å²) in [6.45, 7) is 1.71. The van der Waals surface area contributed by atoms with Gasteiger partial charge < -0.3 is 15.7 Å². The van der Waals surface area contributed by atoms with E-state index in [0.29, 0.717) is 29.7 Å². The minimum Gasteiger partial charge on any atom is -0.480 e. The highest BCUT2D eigenvalue weighted by Crippen LogP contribution is 2.46. The van der Waals surface area contributed by atoms with Crippen LogP contribution in [0.1, 0.15) is 28.8 Å². The Morgan fingerprint density at radius 3 is 2.40 bits per heavy atom. The van der Waals surface area contributed by atoms with Crippen molar-refractivity contribution in [1.82, 2.24) is 5.32 Å². The number of nitrogens with one attached hydrogen (secondary N) is 2. The van der Waals surface area contributed by atoms with Gasteiger partial charge in [0, 0.05) is 18.3 Å². The maximum Gasteiger partial charge on any atom is 0.319 e. The number of hydrogen-bond donors (Lipinski definition) is 3. The number of rotatable bonds is 4. The minimum atomic E-state index is -1.30. The molecule has 2 amide bonds. The molecule has 0 unspecified atom stereocenters. The average molecular weight is 276 g/mol. The number of carboxylic acids is 1. The van der Waals surface area contributed by atoms with Gasteiger partial charge in [-0.05, 0) is 37.5 Å². The van der Waals surface area contributed by atoms with E-state index in [1.165, 1.54) is 7.05 Å². The summed E-state index contributed by atoms with van der Waals surface area (Å²) in [7, 11) is 1.52. The molecule has 0 atom stereocenters. The van der Waals surface area contributed by atoms with Crippen LogP contribution in [0.2, 0.25) is 0 Å². The van der Waals surface area contributed by atoms with E-state index >= 15 is 0 Å². The Morgan fingerprint density at radius 1 is 1.25 bits per heavy atom. The van der Waals surface area contributed by atoms with Gasteiger partial charge in [-0.2, -0.15) is 0 Å². The summed E-state index contributed by atoms with van der Waals surface area (Å²) in [6.07, 6.45) is 0.699. The SMILES string of the molecule is CNC(=O)c1cccc(NC(=O)C2(C(=O)O)CC2)c1C. The molecule has 1 aliphatic rings. The van der Waals surface area contributed by atoms with Gasteiger partial charge in [0.25, 0.3) is 5.91 Å². The number of carbonyl (C=O) groups is 3. The number of amides is 2. The third-order valence-electron chi connectivity index (χ3n) is 3.65. The van der Waals surface area contributed by atoms with Crippen LogP contribution in [-0.4, -0.2) is 29.9 Å². The molecule has 0 aromatic heterocycles. The van der Waals surface area contributed by atoms with E-state index in [4.69, 9.17) is 5.11 Å². The largest absolute Gasteiger partial charge is 0.480 e. The van der Waals surface area contributed by atoms with Gasteiger partial charge in [-0.3, -0.25) is 14.4 Å². The lowest BCUT2D eigenvalue weighted by Gasteiger charge is -2.14. The summed E-state index contributed by atoms with van der Waals surface area (Å²) in [6, 6.07) is 4.94. The third-order valence-corrected chi connectivity index (χ3v) is 3.65. The Morgan fingerprint density at radius 2 is 1.90 bits per heavy atom. The summed E-state index contributed by atoms with van der Waals surface area (Å²) in [5, 5.41) is 14.2. The molecule has 1 aromatic carbocycles. The lowest BCUT2D eigenvalue weighted by molar-refractivity contribution is -0.147. The fourth-order valence-electron chi connectivity index (χ4n) is 2.06. The highest BCUT2D eigenvalue weighted by atomic mass is 16.4. The van der Waals surface area contributed by atoms with Crippen LogP contribution in [0.5, 0.6) is 0 Å². The summed E-state index contributed by atoms with van der Waals surface area (Å²) in [4.78, 5) is 34.8. The molecule has 0 aliphatic heterocycles. The predicted molar refractivity (Wildman–Crippen MR) is 72.5 cm³/mol. The Balaban J connectivity index is 2.25. The lowest BCUT2D eigenvalue weighted by atomic mass is 10.0. The van der Waals surface area contributed by atoms with Crippen molar-refractivity contribution in [1.29, 1.82) is 0 Å². The molecule has 0 radical (unpaired) electrons. The van der Waals surface area contributed by atoms with Crippen molar-refractivity contribution >= 4 is 23.5 Å². The molecule has 0 heterocycles. The normalized spacial score (nSPS) is 15.3. The average Bonchev–Trinajstić information content (AvgIpc) is 3.21. The molecule has 6 nitrogen and oxygen atoms in total. The van der Waals surface area contributed by atoms with Gasteiger partial charge in [0.2, 0.25) is 5.91 Å². The molecule has 1 aliphatic carbocycles. The van der Waals surface area contributed by atoms with Crippen molar-refractivity contribution in [3.8, 4) is 0 Å². The fourth-order valence-corrected chi connectivity index (χ4v) is 2.06. The van der Waals surface area contributed by atoms with E-state index in [1.54, 1.807) is 25.1 Å². The molecule has 3 N–H and O–H groups in total. The third kappa shape index (κ3) is 2.24. The zero-order chi connectivity index (χ0) is 14.9. The van der Waals surface area contributed by atoms with Gasteiger partial charge in [0.15, 0.2) is 0 Å². The molecule has 20 heavy (non-hydrogen) atoms. The van der Waals surface area contributed by atoms with Gasteiger partial charge in [-0.15, -0.1) is 0 Å². The smallest absolute Gasteiger partial charge is 0.319 e. The molecular formula is C14H16N2O4. The van der Waals surface area contributed by atoms with Crippen molar-refractivity contribution in [3.05, 3.63) is 29.3 Å². The van der Waals surface area contributed by atoms with Crippen LogP contribution in [0.15, 0.2) is 18.2 Å². The number of carbonyl (C=O) groups excluding carboxylic acids is 2. The molecule has 0 bridgehead atoms. The summed E-state index contributed by atoms with van der Waals surface area (Å²) >= 11 is 0. The standard InChI is InChI=1S/C14H16N2O4/c1-8-9(11(17)15-2)4-3-5-10(8)16-12(18)14(6-7-14)13(19)20/h3-5H,6-7H2,1-2H3,(H,15,17)(H,16,18)(H,19,20). The van der Waals surface area contributed by atoms with E-state index in [-0.39, 0.29) is 5.91 Å². The predicted octanol–water partition coefficient (Wildman–Crippen LogP) is 1.16. The molecule has 0 spiro atoms. The number of hydrogen-bond acceptors (Lipinski definition) is 3. The van der Waals surface area contributed by atoms with Gasteiger partial charge in [0.1, 0.15) is 5.41 Å². The number of aliphatic carboxylic acids is 1. The molecule has 0 saturated heterocycles. The number of carboxylic acid groups (broad SMARTS) is 1. The van der Waals surface area contributed by atoms with Crippen molar-refractivity contribution in [3.63, 3.8) is 0 Å². The minimum absolute atomic E-state index is 0.252. The quantitative estimate of drug-likeness (QED) is 0.719. The van der Waals surface area contributed by atoms with Gasteiger partial charge >= 0.3 is 5.97 Å². The second-order valence-electron chi connectivity index (χ2n) is 4.90. The zero-order valence-electron chi connectivity index (χ0n) is 11.3. The van der Waals surface area contributed by atoms with Crippen LogP contribution >= 0.6 is 0 Å². The highest BCUT2D eigenvalue weighted by Gasteiger charge is 2.57. The molecule has 2 rings (SSSR count). The monoisotopic (exact) mass is 276 g/mol. The van der Waals surface area contributed by atoms with Crippen LogP contribution in [0, 0.1) is 12.3 Å². The van der Waals surface area contributed by atoms with Crippen LogP contribution in [0.25, 0.3) is 0 Å². The maximum absolute atomic E-state index is 12.0. The molecule has 6 heteroatoms. The van der Waals surface area contributed by atoms with E-state index in [9.17, 15) is 14.4 Å². The van der Waals surface area contributed by atoms with E-state index in [0.717, 1.165) is 0 Å². The van der Waals surface area contributed by atoms with Gasteiger partial charge in [-0.1, -0.05) is 6.07 Å². The van der Waals surface area contributed by atoms with Crippen LogP contribution in [0.4, 0.5) is 5.69 Å². The van der Waals surface area contributed by atoms with Crippen molar-refractivity contribution in [2.45, 2.75) is 19.8 Å². The van der Waals surface area contributed by atoms with E-state index in [2.05, 4.69) is 10.6 Å². The highest BCUT2D eigenvalue weighted by molar-refractivity contribution is 6.11. The lowest BCUT2D eigenvalue weighted by Crippen LogP contribution is -2.31. The number of benzene rings is 1. The van der Waals surface area contributed by atoms with Crippen molar-refractivity contribution < 1.29 is 19.5 Å². The van der Waals surface area contributed by atoms with E-state index < -0.39 is 17.3 Å². The van der Waals surface area contributed by atoms with Gasteiger partial charge in [0.05, 0.1) is 0 Å². The first kappa shape index (κ1) is 14.0. The zero-order valence-corrected chi connectivity index (χ0v) is 11.3. The summed E-state index contributed by atoms with van der Waals surface area (Å²) < 4.78 is 0. The van der Waals surface area contributed by atoms with Crippen molar-refractivity contribution in [2.24, 2.45) is 5.41 Å². The van der Waals surface area contributed by atoms with Crippen LogP contribution < -0.4 is 10.6 Å². The van der Waals surface area contributed by atoms with E-state index in [1.807, 2.05) is 0 Å². The topological polar surface area (TPSA) is 95.5 Å². The molecule has 1 fully saturated rings. The Labute approximate surface area is 116 Å². The fraction of sp³-hybridized carbons (Fsp3) is 0.357. The Kier molecular flexibility index (Phi) is 3.48.